The van der Waals surface area contributed by atoms with Crippen LogP contribution in [-0.2, 0) is 13.1 Å². The number of fused-ring (bicyclic) bond motifs is 1. The lowest BCUT2D eigenvalue weighted by Crippen LogP contribution is -2.52. The van der Waals surface area contributed by atoms with Gasteiger partial charge >= 0.3 is 0 Å². The fraction of sp³-hybridized carbons (Fsp3) is 0.400. The zero-order chi connectivity index (χ0) is 18.6. The lowest BCUT2D eigenvalue weighted by atomic mass is 10.1. The van der Waals surface area contributed by atoms with Gasteiger partial charge in [0.25, 0.3) is 0 Å². The van der Waals surface area contributed by atoms with Crippen molar-refractivity contribution in [3.63, 3.8) is 0 Å². The quantitative estimate of drug-likeness (QED) is 0.719. The van der Waals surface area contributed by atoms with E-state index in [0.29, 0.717) is 18.5 Å². The first-order valence-electron chi connectivity index (χ1n) is 9.25. The van der Waals surface area contributed by atoms with Crippen molar-refractivity contribution >= 4 is 11.0 Å². The average molecular weight is 370 g/mol. The number of aliphatic hydroxyl groups is 1. The summed E-state index contributed by atoms with van der Waals surface area (Å²) in [5.41, 5.74) is 3.34. The number of hydrogen-bond donors (Lipinski definition) is 1. The lowest BCUT2D eigenvalue weighted by Gasteiger charge is -2.41. The Morgan fingerprint density at radius 2 is 1.89 bits per heavy atom. The van der Waals surface area contributed by atoms with Gasteiger partial charge in [-0.3, -0.25) is 9.80 Å². The van der Waals surface area contributed by atoms with E-state index in [4.69, 9.17) is 4.63 Å². The van der Waals surface area contributed by atoms with Crippen molar-refractivity contribution in [1.82, 2.24) is 20.1 Å². The van der Waals surface area contributed by atoms with Gasteiger partial charge in [0, 0.05) is 50.9 Å². The van der Waals surface area contributed by atoms with Crippen LogP contribution in [0.5, 0.6) is 0 Å². The Balaban J connectivity index is 1.46. The maximum absolute atomic E-state index is 14.0. The van der Waals surface area contributed by atoms with E-state index in [1.807, 2.05) is 30.3 Å². The van der Waals surface area contributed by atoms with Gasteiger partial charge in [-0.2, -0.15) is 0 Å². The number of hydrogen-bond acceptors (Lipinski definition) is 6. The highest BCUT2D eigenvalue weighted by Gasteiger charge is 2.27. The second-order valence-corrected chi connectivity index (χ2v) is 7.01. The molecule has 0 aliphatic carbocycles. The standard InChI is InChI=1S/C20H23FN4O2/c21-18-6-2-1-4-15(18)13-25-10-9-24(14-17(25)8-11-26)12-16-5-3-7-19-20(16)23-27-22-19/h1-7,17,26H,8-14H2/t17-/m1/s1. The maximum atomic E-state index is 14.0. The maximum Gasteiger partial charge on any atom is 0.139 e. The van der Waals surface area contributed by atoms with Gasteiger partial charge in [-0.1, -0.05) is 30.3 Å². The van der Waals surface area contributed by atoms with Gasteiger partial charge < -0.3 is 5.11 Å². The molecule has 3 aromatic rings. The summed E-state index contributed by atoms with van der Waals surface area (Å²) < 4.78 is 18.9. The number of aliphatic hydroxyl groups excluding tert-OH is 1. The van der Waals surface area contributed by atoms with Crippen LogP contribution in [0.4, 0.5) is 4.39 Å². The zero-order valence-electron chi connectivity index (χ0n) is 15.1. The van der Waals surface area contributed by atoms with E-state index in [1.165, 1.54) is 6.07 Å². The molecule has 0 saturated carbocycles. The molecule has 2 heterocycles. The molecule has 0 unspecified atom stereocenters. The molecule has 7 heteroatoms. The molecule has 1 N–H and O–H groups in total. The summed E-state index contributed by atoms with van der Waals surface area (Å²) in [6.45, 7) is 3.95. The van der Waals surface area contributed by atoms with Crippen LogP contribution in [0.3, 0.4) is 0 Å². The van der Waals surface area contributed by atoms with Crippen molar-refractivity contribution in [2.75, 3.05) is 26.2 Å². The summed E-state index contributed by atoms with van der Waals surface area (Å²) in [7, 11) is 0. The summed E-state index contributed by atoms with van der Waals surface area (Å²) in [6.07, 6.45) is 0.667. The Morgan fingerprint density at radius 3 is 2.74 bits per heavy atom. The predicted octanol–water partition coefficient (Wildman–Crippen LogP) is 2.43. The molecule has 0 radical (unpaired) electrons. The molecule has 142 valence electrons. The molecule has 1 saturated heterocycles. The zero-order valence-corrected chi connectivity index (χ0v) is 15.1. The summed E-state index contributed by atoms with van der Waals surface area (Å²) in [5, 5.41) is 17.4. The highest BCUT2D eigenvalue weighted by molar-refractivity contribution is 5.76. The van der Waals surface area contributed by atoms with Crippen molar-refractivity contribution in [2.45, 2.75) is 25.6 Å². The fourth-order valence-corrected chi connectivity index (χ4v) is 3.81. The minimum Gasteiger partial charge on any atom is -0.396 e. The number of piperazine rings is 1. The molecule has 6 nitrogen and oxygen atoms in total. The van der Waals surface area contributed by atoms with E-state index in [0.717, 1.165) is 42.8 Å². The summed E-state index contributed by atoms with van der Waals surface area (Å²) in [4.78, 5) is 4.62. The largest absolute Gasteiger partial charge is 0.396 e. The van der Waals surface area contributed by atoms with Crippen molar-refractivity contribution < 1.29 is 14.1 Å². The normalized spacial score (nSPS) is 19.0. The summed E-state index contributed by atoms with van der Waals surface area (Å²) >= 11 is 0. The topological polar surface area (TPSA) is 65.6 Å². The SMILES string of the molecule is OCC[C@@H]1CN(Cc2cccc3nonc23)CCN1Cc1ccccc1F. The molecule has 1 aromatic heterocycles. The van der Waals surface area contributed by atoms with E-state index in [1.54, 1.807) is 6.07 Å². The summed E-state index contributed by atoms with van der Waals surface area (Å²) in [6, 6.07) is 13.0. The first kappa shape index (κ1) is 18.0. The smallest absolute Gasteiger partial charge is 0.139 e. The number of halogens is 1. The molecular weight excluding hydrogens is 347 g/mol. The molecule has 4 rings (SSSR count). The van der Waals surface area contributed by atoms with Crippen LogP contribution >= 0.6 is 0 Å². The van der Waals surface area contributed by atoms with E-state index >= 15 is 0 Å². The highest BCUT2D eigenvalue weighted by Crippen LogP contribution is 2.22. The van der Waals surface area contributed by atoms with Gasteiger partial charge in [0.1, 0.15) is 16.9 Å². The molecule has 2 aromatic carbocycles. The van der Waals surface area contributed by atoms with Crippen LogP contribution in [0.1, 0.15) is 17.5 Å². The first-order chi connectivity index (χ1) is 13.2. The molecule has 0 amide bonds. The van der Waals surface area contributed by atoms with Gasteiger partial charge in [-0.15, -0.1) is 0 Å². The lowest BCUT2D eigenvalue weighted by molar-refractivity contribution is 0.0494. The number of aromatic nitrogens is 2. The third kappa shape index (κ3) is 4.00. The summed E-state index contributed by atoms with van der Waals surface area (Å²) in [5.74, 6) is -0.173. The van der Waals surface area contributed by atoms with E-state index in [-0.39, 0.29) is 18.5 Å². The Kier molecular flexibility index (Phi) is 5.42. The Morgan fingerprint density at radius 1 is 1.04 bits per heavy atom. The third-order valence-corrected chi connectivity index (χ3v) is 5.25. The van der Waals surface area contributed by atoms with Crippen LogP contribution in [0, 0.1) is 5.82 Å². The van der Waals surface area contributed by atoms with Crippen LogP contribution in [0.25, 0.3) is 11.0 Å². The van der Waals surface area contributed by atoms with E-state index in [9.17, 15) is 9.50 Å². The van der Waals surface area contributed by atoms with Crippen LogP contribution in [-0.4, -0.2) is 57.5 Å². The number of nitrogens with zero attached hydrogens (tertiary/aromatic N) is 4. The van der Waals surface area contributed by atoms with Crippen LogP contribution in [0.15, 0.2) is 47.1 Å². The molecular formula is C20H23FN4O2. The van der Waals surface area contributed by atoms with Crippen molar-refractivity contribution in [3.8, 4) is 0 Å². The number of rotatable bonds is 6. The van der Waals surface area contributed by atoms with Gasteiger partial charge in [-0.25, -0.2) is 9.02 Å². The highest BCUT2D eigenvalue weighted by atomic mass is 19.1. The average Bonchev–Trinajstić information content (AvgIpc) is 3.16. The van der Waals surface area contributed by atoms with Crippen molar-refractivity contribution in [2.24, 2.45) is 0 Å². The Hall–Kier alpha value is -2.35. The van der Waals surface area contributed by atoms with Crippen molar-refractivity contribution in [3.05, 3.63) is 59.4 Å². The third-order valence-electron chi connectivity index (χ3n) is 5.25. The molecule has 0 bridgehead atoms. The van der Waals surface area contributed by atoms with Gasteiger partial charge in [0.05, 0.1) is 0 Å². The fourth-order valence-electron chi connectivity index (χ4n) is 3.81. The van der Waals surface area contributed by atoms with E-state index in [2.05, 4.69) is 20.1 Å². The van der Waals surface area contributed by atoms with Gasteiger partial charge in [0.2, 0.25) is 0 Å². The first-order valence-corrected chi connectivity index (χ1v) is 9.25. The molecule has 1 atom stereocenters. The van der Waals surface area contributed by atoms with E-state index < -0.39 is 0 Å². The van der Waals surface area contributed by atoms with Crippen molar-refractivity contribution in [1.29, 1.82) is 0 Å². The Labute approximate surface area is 157 Å². The predicted molar refractivity (Wildman–Crippen MR) is 99.4 cm³/mol. The number of benzene rings is 2. The molecule has 1 aliphatic heterocycles. The van der Waals surface area contributed by atoms with Crippen LogP contribution < -0.4 is 0 Å². The molecule has 0 spiro atoms. The monoisotopic (exact) mass is 370 g/mol. The van der Waals surface area contributed by atoms with Gasteiger partial charge in [0.15, 0.2) is 0 Å². The molecule has 27 heavy (non-hydrogen) atoms. The van der Waals surface area contributed by atoms with Gasteiger partial charge in [-0.05, 0) is 34.4 Å². The molecule has 1 aliphatic rings. The minimum absolute atomic E-state index is 0.120. The second kappa shape index (κ2) is 8.12. The Bertz CT molecular complexity index is 900. The minimum atomic E-state index is -0.173. The van der Waals surface area contributed by atoms with Crippen LogP contribution in [0.2, 0.25) is 0 Å². The molecule has 1 fully saturated rings. The second-order valence-electron chi connectivity index (χ2n) is 7.01.